The Morgan fingerprint density at radius 3 is 1.43 bits per heavy atom. The van der Waals surface area contributed by atoms with E-state index in [1.54, 1.807) is 24.2 Å². The molecule has 23 heavy (non-hydrogen) atoms. The largest absolute Gasteiger partial charge is 1.00 e. The SMILES string of the molecule is C[Si]1(C2=[C]([Zr+2][C]3=C([Si]4(C)CCC4)C=CC3)CC=C2)CCC1.[Cl-].[Cl-]. The topological polar surface area (TPSA) is 0 Å². The second-order valence-corrected chi connectivity index (χ2v) is 20.9. The molecule has 0 aromatic heterocycles. The summed E-state index contributed by atoms with van der Waals surface area (Å²) in [6.07, 6.45) is 15.8. The summed E-state index contributed by atoms with van der Waals surface area (Å²) in [6, 6.07) is 6.30. The maximum atomic E-state index is 2.66. The van der Waals surface area contributed by atoms with Crippen LogP contribution >= 0.6 is 0 Å². The summed E-state index contributed by atoms with van der Waals surface area (Å²) >= 11 is -0.463. The minimum atomic E-state index is -0.957. The molecule has 2 saturated heterocycles. The molecule has 0 unspecified atom stereocenters. The van der Waals surface area contributed by atoms with E-state index in [0.717, 1.165) is 0 Å². The summed E-state index contributed by atoms with van der Waals surface area (Å²) < 4.78 is 3.97. The maximum Gasteiger partial charge on any atom is -1.00 e. The second-order valence-electron chi connectivity index (χ2n) is 7.95. The van der Waals surface area contributed by atoms with Crippen LogP contribution in [-0.2, 0) is 23.2 Å². The Morgan fingerprint density at radius 2 is 1.13 bits per heavy atom. The molecule has 2 fully saturated rings. The first kappa shape index (κ1) is 20.2. The molecule has 4 rings (SSSR count). The monoisotopic (exact) mass is 458 g/mol. The number of halogens is 2. The van der Waals surface area contributed by atoms with Gasteiger partial charge in [0.25, 0.3) is 0 Å². The third-order valence-corrected chi connectivity index (χ3v) is 20.8. The van der Waals surface area contributed by atoms with Gasteiger partial charge in [0.05, 0.1) is 0 Å². The van der Waals surface area contributed by atoms with Crippen molar-refractivity contribution in [3.8, 4) is 0 Å². The van der Waals surface area contributed by atoms with Gasteiger partial charge in [0, 0.05) is 0 Å². The molecule has 2 heterocycles. The van der Waals surface area contributed by atoms with Crippen LogP contribution in [0.25, 0.3) is 0 Å². The molecule has 0 aromatic rings. The molecule has 0 aromatic carbocycles. The van der Waals surface area contributed by atoms with E-state index in [-0.39, 0.29) is 24.8 Å². The fraction of sp³-hybridized carbons (Fsp3) is 0.556. The van der Waals surface area contributed by atoms with E-state index in [1.165, 1.54) is 25.7 Å². The molecule has 0 radical (unpaired) electrons. The van der Waals surface area contributed by atoms with Gasteiger partial charge in [-0.2, -0.15) is 0 Å². The van der Waals surface area contributed by atoms with E-state index in [1.807, 2.05) is 17.0 Å². The molecule has 2 aliphatic carbocycles. The molecule has 0 N–H and O–H groups in total. The van der Waals surface area contributed by atoms with Gasteiger partial charge in [0.2, 0.25) is 0 Å². The number of rotatable bonds is 4. The number of allylic oxidation sites excluding steroid dienone is 8. The van der Waals surface area contributed by atoms with E-state index in [0.29, 0.717) is 0 Å². The molecule has 0 atom stereocenters. The van der Waals surface area contributed by atoms with E-state index < -0.39 is 39.4 Å². The van der Waals surface area contributed by atoms with Gasteiger partial charge in [0.15, 0.2) is 0 Å². The van der Waals surface area contributed by atoms with Crippen molar-refractivity contribution in [2.24, 2.45) is 0 Å². The Kier molecular flexibility index (Phi) is 6.68. The Hall–Kier alpha value is 0.857. The van der Waals surface area contributed by atoms with Crippen LogP contribution in [-0.4, -0.2) is 16.1 Å². The fourth-order valence-corrected chi connectivity index (χ4v) is 19.4. The van der Waals surface area contributed by atoms with E-state index in [9.17, 15) is 0 Å². The quantitative estimate of drug-likeness (QED) is 0.499. The maximum absolute atomic E-state index is 2.66. The van der Waals surface area contributed by atoms with Gasteiger partial charge in [-0.3, -0.25) is 0 Å². The summed E-state index contributed by atoms with van der Waals surface area (Å²) in [7, 11) is -1.91. The van der Waals surface area contributed by atoms with Crippen molar-refractivity contribution in [3.05, 3.63) is 41.3 Å². The molecule has 2 aliphatic heterocycles. The minimum absolute atomic E-state index is 0. The molecule has 5 heteroatoms. The van der Waals surface area contributed by atoms with Crippen LogP contribution in [0.5, 0.6) is 0 Å². The van der Waals surface area contributed by atoms with Gasteiger partial charge in [0.1, 0.15) is 0 Å². The zero-order valence-corrected chi connectivity index (χ0v) is 20.2. The second kappa shape index (κ2) is 7.62. The van der Waals surface area contributed by atoms with E-state index in [4.69, 9.17) is 0 Å². The summed E-state index contributed by atoms with van der Waals surface area (Å²) in [4.78, 5) is 0. The van der Waals surface area contributed by atoms with Crippen molar-refractivity contribution in [2.75, 3.05) is 0 Å². The van der Waals surface area contributed by atoms with Crippen LogP contribution in [0.1, 0.15) is 25.7 Å². The van der Waals surface area contributed by atoms with Crippen molar-refractivity contribution in [2.45, 2.75) is 63.0 Å². The van der Waals surface area contributed by atoms with Gasteiger partial charge in [-0.1, -0.05) is 0 Å². The molecular formula is C18H26Cl2Si2Zr. The Labute approximate surface area is 167 Å². The molecule has 0 spiro atoms. The van der Waals surface area contributed by atoms with Crippen molar-refractivity contribution in [1.29, 1.82) is 0 Å². The Balaban J connectivity index is 0.000000960. The van der Waals surface area contributed by atoms with Crippen molar-refractivity contribution in [1.82, 2.24) is 0 Å². The first-order valence-corrected chi connectivity index (χ1v) is 17.0. The zero-order valence-electron chi connectivity index (χ0n) is 14.2. The predicted molar refractivity (Wildman–Crippen MR) is 93.3 cm³/mol. The summed E-state index contributed by atoms with van der Waals surface area (Å²) in [5.41, 5.74) is 0. The Bertz CT molecular complexity index is 544. The molecule has 0 amide bonds. The summed E-state index contributed by atoms with van der Waals surface area (Å²) in [5.74, 6) is 0. The van der Waals surface area contributed by atoms with Crippen molar-refractivity contribution < 1.29 is 48.0 Å². The van der Waals surface area contributed by atoms with Gasteiger partial charge in [-0.05, 0) is 0 Å². The van der Waals surface area contributed by atoms with Crippen molar-refractivity contribution >= 4 is 16.1 Å². The van der Waals surface area contributed by atoms with Crippen LogP contribution in [0, 0.1) is 0 Å². The number of hydrogen-bond donors (Lipinski definition) is 0. The molecule has 0 saturated carbocycles. The van der Waals surface area contributed by atoms with Gasteiger partial charge in [-0.15, -0.1) is 0 Å². The van der Waals surface area contributed by atoms with Crippen molar-refractivity contribution in [3.63, 3.8) is 0 Å². The Morgan fingerprint density at radius 1 is 0.739 bits per heavy atom. The van der Waals surface area contributed by atoms with Crippen LogP contribution in [0.2, 0.25) is 37.3 Å². The van der Waals surface area contributed by atoms with Gasteiger partial charge >= 0.3 is 144 Å². The molecule has 0 nitrogen and oxygen atoms in total. The smallest absolute Gasteiger partial charge is 1.00 e. The van der Waals surface area contributed by atoms with Gasteiger partial charge in [-0.25, -0.2) is 0 Å². The average Bonchev–Trinajstić information content (AvgIpc) is 3.03. The van der Waals surface area contributed by atoms with Crippen LogP contribution < -0.4 is 24.8 Å². The third kappa shape index (κ3) is 3.56. The van der Waals surface area contributed by atoms with Crippen LogP contribution in [0.4, 0.5) is 0 Å². The average molecular weight is 461 g/mol. The first-order valence-electron chi connectivity index (χ1n) is 8.68. The van der Waals surface area contributed by atoms with Crippen LogP contribution in [0.15, 0.2) is 41.3 Å². The predicted octanol–water partition coefficient (Wildman–Crippen LogP) is -0.452. The molecule has 4 aliphatic rings. The summed E-state index contributed by atoms with van der Waals surface area (Å²) in [6.45, 7) is 5.32. The normalized spacial score (nSPS) is 26.2. The minimum Gasteiger partial charge on any atom is -1.00 e. The van der Waals surface area contributed by atoms with E-state index in [2.05, 4.69) is 37.4 Å². The molecular weight excluding hydrogens is 435 g/mol. The standard InChI is InChI=1S/2C9H13Si.2ClH.Zr/c2*1-10(7-4-8-10)9-5-2-3-6-9;;;/h2*2,5H,3-4,7-8H2,1H3;2*1H;/q;;;;+2/p-2. The molecule has 124 valence electrons. The first-order chi connectivity index (χ1) is 10.1. The fourth-order valence-electron chi connectivity index (χ4n) is 4.51. The summed E-state index contributed by atoms with van der Waals surface area (Å²) in [5, 5.41) is 3.86. The number of hydrogen-bond acceptors (Lipinski definition) is 0. The third-order valence-electron chi connectivity index (χ3n) is 6.38. The van der Waals surface area contributed by atoms with Gasteiger partial charge < -0.3 is 24.8 Å². The zero-order chi connectivity index (χ0) is 14.5. The molecule has 0 bridgehead atoms. The van der Waals surface area contributed by atoms with E-state index >= 15 is 0 Å². The van der Waals surface area contributed by atoms with Crippen LogP contribution in [0.3, 0.4) is 0 Å².